The van der Waals surface area contributed by atoms with E-state index in [4.69, 9.17) is 9.47 Å². The van der Waals surface area contributed by atoms with Crippen LogP contribution in [-0.2, 0) is 14.3 Å². The Kier molecular flexibility index (Phi) is 6.36. The zero-order valence-electron chi connectivity index (χ0n) is 18.7. The molecule has 3 aliphatic carbocycles. The van der Waals surface area contributed by atoms with E-state index in [0.29, 0.717) is 11.1 Å². The molecule has 2 bridgehead atoms. The van der Waals surface area contributed by atoms with E-state index in [1.807, 2.05) is 20.8 Å². The third kappa shape index (κ3) is 2.78. The summed E-state index contributed by atoms with van der Waals surface area (Å²) in [5, 5.41) is 45.5. The molecule has 9 atom stereocenters. The van der Waals surface area contributed by atoms with Gasteiger partial charge in [0.25, 0.3) is 0 Å². The predicted octanol–water partition coefficient (Wildman–Crippen LogP) is 0.576. The minimum Gasteiger partial charge on any atom is -0.392 e. The number of aliphatic hydroxyl groups excluding tert-OH is 2. The monoisotopic (exact) mass is 637 g/mol. The number of carbonyl (C=O) groups excluding carboxylic acids is 1. The Hall–Kier alpha value is 0.612. The second-order valence-electron chi connectivity index (χ2n) is 10.4. The van der Waals surface area contributed by atoms with Crippen molar-refractivity contribution >= 4 is 5.78 Å². The molecule has 7 nitrogen and oxygen atoms in total. The molecule has 0 aromatic rings. The molecule has 1 saturated heterocycles. The van der Waals surface area contributed by atoms with Gasteiger partial charge in [-0.1, -0.05) is 20.8 Å². The number of rotatable bonds is 1. The SMILES string of the molecule is COC1C(=O)[C@]2(C)C(O)CC3OCC3(O)C2[C@H](C)C2(O)CC(O)C(C)=C1C2(C)C.[Ac]. The maximum atomic E-state index is 14.0. The van der Waals surface area contributed by atoms with Crippen molar-refractivity contribution in [3.63, 3.8) is 0 Å². The average Bonchev–Trinajstić information content (AvgIpc) is 2.64. The summed E-state index contributed by atoms with van der Waals surface area (Å²) in [5.74, 6) is -1.66. The molecule has 1 radical (unpaired) electrons. The van der Waals surface area contributed by atoms with Gasteiger partial charge in [-0.05, 0) is 30.9 Å². The Labute approximate surface area is 213 Å². The van der Waals surface area contributed by atoms with Gasteiger partial charge in [0.1, 0.15) is 11.7 Å². The summed E-state index contributed by atoms with van der Waals surface area (Å²) >= 11 is 0. The van der Waals surface area contributed by atoms with Gasteiger partial charge in [-0.15, -0.1) is 0 Å². The summed E-state index contributed by atoms with van der Waals surface area (Å²) in [6, 6.07) is 0. The first-order valence-electron chi connectivity index (χ1n) is 10.5. The zero-order chi connectivity index (χ0) is 21.7. The van der Waals surface area contributed by atoms with Crippen LogP contribution in [0.15, 0.2) is 11.1 Å². The van der Waals surface area contributed by atoms with Crippen molar-refractivity contribution < 1.29 is 78.8 Å². The fraction of sp³-hybridized carbons (Fsp3) is 0.864. The van der Waals surface area contributed by atoms with Gasteiger partial charge in [0.15, 0.2) is 5.78 Å². The van der Waals surface area contributed by atoms with Crippen LogP contribution in [0.5, 0.6) is 0 Å². The molecule has 30 heavy (non-hydrogen) atoms. The molecule has 2 saturated carbocycles. The van der Waals surface area contributed by atoms with Crippen LogP contribution in [0.2, 0.25) is 0 Å². The van der Waals surface area contributed by atoms with Crippen LogP contribution in [0.3, 0.4) is 0 Å². The number of hydrogen-bond acceptors (Lipinski definition) is 7. The number of hydrogen-bond donors (Lipinski definition) is 4. The molecule has 8 heteroatoms. The minimum atomic E-state index is -1.42. The molecule has 1 aliphatic heterocycles. The molecule has 0 spiro atoms. The van der Waals surface area contributed by atoms with Crippen molar-refractivity contribution in [1.82, 2.24) is 0 Å². The van der Waals surface area contributed by atoms with Crippen LogP contribution in [0.4, 0.5) is 0 Å². The molecule has 4 N–H and O–H groups in total. The van der Waals surface area contributed by atoms with Gasteiger partial charge in [0, 0.05) is 75.3 Å². The topological polar surface area (TPSA) is 116 Å². The summed E-state index contributed by atoms with van der Waals surface area (Å²) in [6.07, 6.45) is -3.32. The molecule has 4 aliphatic rings. The van der Waals surface area contributed by atoms with Gasteiger partial charge >= 0.3 is 0 Å². The molecule has 0 amide bonds. The molecule has 167 valence electrons. The first kappa shape index (κ1) is 25.2. The average molecular weight is 638 g/mol. The largest absolute Gasteiger partial charge is 0.392 e. The number of ether oxygens (including phenoxy) is 2. The second kappa shape index (κ2) is 7.56. The third-order valence-electron chi connectivity index (χ3n) is 9.09. The van der Waals surface area contributed by atoms with Crippen LogP contribution in [0.25, 0.3) is 0 Å². The van der Waals surface area contributed by atoms with Gasteiger partial charge in [-0.2, -0.15) is 0 Å². The summed E-state index contributed by atoms with van der Waals surface area (Å²) in [5.41, 5.74) is -3.75. The Morgan fingerprint density at radius 3 is 2.27 bits per heavy atom. The molecule has 0 aromatic carbocycles. The van der Waals surface area contributed by atoms with Gasteiger partial charge in [-0.3, -0.25) is 4.79 Å². The first-order chi connectivity index (χ1) is 13.3. The van der Waals surface area contributed by atoms with Crippen molar-refractivity contribution in [3.05, 3.63) is 11.1 Å². The molecular weight excluding hydrogens is 603 g/mol. The van der Waals surface area contributed by atoms with Crippen LogP contribution < -0.4 is 0 Å². The van der Waals surface area contributed by atoms with E-state index in [0.717, 1.165) is 0 Å². The van der Waals surface area contributed by atoms with Crippen LogP contribution in [0, 0.1) is 66.7 Å². The van der Waals surface area contributed by atoms with Crippen molar-refractivity contribution in [2.24, 2.45) is 22.7 Å². The molecule has 3 fully saturated rings. The normalized spacial score (nSPS) is 52.3. The van der Waals surface area contributed by atoms with E-state index in [1.165, 1.54) is 7.11 Å². The van der Waals surface area contributed by atoms with Crippen molar-refractivity contribution in [1.29, 1.82) is 0 Å². The number of Topliss-reactive ketones (excluding diaryl/α,β-unsaturated/α-hetero) is 1. The molecule has 4 rings (SSSR count). The number of methoxy groups -OCH3 is 1. The van der Waals surface area contributed by atoms with Gasteiger partial charge in [0.2, 0.25) is 0 Å². The Morgan fingerprint density at radius 1 is 1.17 bits per heavy atom. The van der Waals surface area contributed by atoms with E-state index >= 15 is 0 Å². The quantitative estimate of drug-likeness (QED) is 0.311. The molecule has 0 aromatic heterocycles. The zero-order valence-corrected chi connectivity index (χ0v) is 23.4. The molecule has 1 heterocycles. The van der Waals surface area contributed by atoms with E-state index in [-0.39, 0.29) is 69.3 Å². The second-order valence-corrected chi connectivity index (χ2v) is 10.4. The molecule has 7 unspecified atom stereocenters. The van der Waals surface area contributed by atoms with Crippen molar-refractivity contribution in [3.8, 4) is 0 Å². The summed E-state index contributed by atoms with van der Waals surface area (Å²) in [6.45, 7) is 9.07. The maximum Gasteiger partial charge on any atom is 0.174 e. The minimum absolute atomic E-state index is 0. The Balaban J connectivity index is 0.00000256. The third-order valence-corrected chi connectivity index (χ3v) is 9.09. The Bertz CT molecular complexity index is 781. The van der Waals surface area contributed by atoms with Gasteiger partial charge in [-0.25, -0.2) is 0 Å². The number of fused-ring (bicyclic) bond motifs is 5. The fourth-order valence-electron chi connectivity index (χ4n) is 7.19. The van der Waals surface area contributed by atoms with Crippen molar-refractivity contribution in [2.75, 3.05) is 13.7 Å². The van der Waals surface area contributed by atoms with E-state index in [9.17, 15) is 25.2 Å². The smallest absolute Gasteiger partial charge is 0.174 e. The molecular formula is C22H34AcO7. The van der Waals surface area contributed by atoms with E-state index < -0.39 is 58.3 Å². The van der Waals surface area contributed by atoms with E-state index in [2.05, 4.69) is 0 Å². The van der Waals surface area contributed by atoms with Crippen LogP contribution in [0.1, 0.15) is 47.5 Å². The number of aliphatic hydroxyl groups is 4. The Morgan fingerprint density at radius 2 is 1.77 bits per heavy atom. The van der Waals surface area contributed by atoms with Crippen LogP contribution in [-0.4, -0.2) is 75.5 Å². The summed E-state index contributed by atoms with van der Waals surface area (Å²) < 4.78 is 11.2. The fourth-order valence-corrected chi connectivity index (χ4v) is 7.19. The first-order valence-corrected chi connectivity index (χ1v) is 10.5. The van der Waals surface area contributed by atoms with Crippen LogP contribution >= 0.6 is 0 Å². The number of ketones is 1. The van der Waals surface area contributed by atoms with E-state index in [1.54, 1.807) is 13.8 Å². The summed E-state index contributed by atoms with van der Waals surface area (Å²) in [4.78, 5) is 14.0. The van der Waals surface area contributed by atoms with Crippen molar-refractivity contribution in [2.45, 2.75) is 83.1 Å². The van der Waals surface area contributed by atoms with Gasteiger partial charge < -0.3 is 29.9 Å². The standard InChI is InChI=1S/C22H34O7.Ac/c1-10-12(23)8-22(27)11(2)17-20(5,13(24)7-14-21(17,26)9-29-14)18(25)16(28-6)15(10)19(22,3)4;/h11-14,16-17,23-24,26-27H,7-9H2,1-6H3;/t11-,12?,13?,14?,16?,17?,20+,21?,22?;/m0./s1. The number of carbonyl (C=O) groups is 1. The van der Waals surface area contributed by atoms with Gasteiger partial charge in [0.05, 0.1) is 35.9 Å². The maximum absolute atomic E-state index is 14.0. The predicted molar refractivity (Wildman–Crippen MR) is 104 cm³/mol. The summed E-state index contributed by atoms with van der Waals surface area (Å²) in [7, 11) is 1.43.